The molecule has 0 aliphatic heterocycles. The number of carbonyl (C=O) groups is 2. The van der Waals surface area contributed by atoms with Crippen LogP contribution in [0.1, 0.15) is 51.3 Å². The van der Waals surface area contributed by atoms with E-state index < -0.39 is 83.9 Å². The quantitative estimate of drug-likeness (QED) is 0.124. The van der Waals surface area contributed by atoms with Crippen molar-refractivity contribution < 1.29 is 157 Å². The Morgan fingerprint density at radius 2 is 1.05 bits per heavy atom. The van der Waals surface area contributed by atoms with Gasteiger partial charge in [-0.1, -0.05) is 68.1 Å². The van der Waals surface area contributed by atoms with Gasteiger partial charge in [-0.2, -0.15) is 19.6 Å². The van der Waals surface area contributed by atoms with E-state index in [1.807, 2.05) is 20.8 Å². The average molecular weight is 893 g/mol. The van der Waals surface area contributed by atoms with Gasteiger partial charge in [0.1, 0.15) is 24.8 Å². The van der Waals surface area contributed by atoms with Crippen LogP contribution >= 0.6 is 0 Å². The number of ether oxygens (including phenoxy) is 2. The molecule has 10 nitrogen and oxygen atoms in total. The van der Waals surface area contributed by atoms with E-state index in [1.165, 1.54) is 42.7 Å². The minimum Gasteiger partial charge on any atom is -0.461 e. The molecule has 0 amide bonds. The van der Waals surface area contributed by atoms with Crippen LogP contribution in [-0.4, -0.2) is 45.5 Å². The molecule has 2 aromatic heterocycles. The fourth-order valence-electron chi connectivity index (χ4n) is 6.02. The summed E-state index contributed by atoms with van der Waals surface area (Å²) in [7, 11) is 0. The molecule has 0 fully saturated rings. The maximum atomic E-state index is 14.9. The smallest absolute Gasteiger partial charge is 0.461 e. The maximum absolute atomic E-state index is 14.9. The average Bonchev–Trinajstić information content (AvgIpc) is 3.12. The van der Waals surface area contributed by atoms with Gasteiger partial charge in [0.05, 0.1) is 34.5 Å². The molecule has 0 atom stereocenters. The SMILES string of the molecule is CC(=O)OCc1c(-n2ncc3cc(C(C)(C)C)cc(F)c3c2=O)cccc1[B-](F)(F)F.CC(=O)OCc1c(-n2ncc3cccc(F)c3c2=O)cccc1[B-](F)(F)F.[K+].[K+]. The van der Waals surface area contributed by atoms with Crippen LogP contribution in [0.4, 0.5) is 34.7 Å². The molecule has 0 saturated carbocycles. The van der Waals surface area contributed by atoms with E-state index in [9.17, 15) is 53.9 Å². The predicted molar refractivity (Wildman–Crippen MR) is 202 cm³/mol. The van der Waals surface area contributed by atoms with Gasteiger partial charge in [-0.05, 0) is 52.4 Å². The number of aromatic nitrogens is 4. The summed E-state index contributed by atoms with van der Waals surface area (Å²) in [6.45, 7) is -4.57. The van der Waals surface area contributed by atoms with Gasteiger partial charge >= 0.3 is 129 Å². The van der Waals surface area contributed by atoms with Crippen molar-refractivity contribution in [1.82, 2.24) is 19.6 Å². The maximum Gasteiger partial charge on any atom is 1.00 e. The number of benzene rings is 4. The van der Waals surface area contributed by atoms with Crippen LogP contribution in [0, 0.1) is 11.6 Å². The van der Waals surface area contributed by atoms with Crippen LogP contribution in [0.15, 0.2) is 88.7 Å². The zero-order valence-corrected chi connectivity index (χ0v) is 39.6. The molecule has 4 aromatic carbocycles. The van der Waals surface area contributed by atoms with Crippen LogP contribution < -0.4 is 125 Å². The fraction of sp³-hybridized carbons (Fsp3) is 0.211. The summed E-state index contributed by atoms with van der Waals surface area (Å²) in [6, 6.07) is 13.2. The second-order valence-electron chi connectivity index (χ2n) is 14.0. The molecule has 0 aliphatic rings. The van der Waals surface area contributed by atoms with Crippen LogP contribution in [0.3, 0.4) is 0 Å². The van der Waals surface area contributed by atoms with Crippen molar-refractivity contribution in [2.75, 3.05) is 0 Å². The molecule has 0 bridgehead atoms. The Morgan fingerprint density at radius 1 is 0.633 bits per heavy atom. The molecule has 6 rings (SSSR count). The van der Waals surface area contributed by atoms with E-state index in [4.69, 9.17) is 9.47 Å². The first-order valence-electron chi connectivity index (χ1n) is 17.3. The Labute approximate surface area is 422 Å². The Hall–Kier alpha value is -3.06. The second kappa shape index (κ2) is 20.4. The van der Waals surface area contributed by atoms with E-state index in [2.05, 4.69) is 10.2 Å². The van der Waals surface area contributed by atoms with Crippen molar-refractivity contribution in [2.24, 2.45) is 0 Å². The van der Waals surface area contributed by atoms with E-state index in [0.29, 0.717) is 14.9 Å². The molecular formula is C38H32B2F8K2N4O6. The molecule has 304 valence electrons. The predicted octanol–water partition coefficient (Wildman–Crippen LogP) is 0.590. The zero-order valence-electron chi connectivity index (χ0n) is 33.3. The Morgan fingerprint density at radius 3 is 1.47 bits per heavy atom. The molecular weight excluding hydrogens is 860 g/mol. The normalized spacial score (nSPS) is 11.6. The summed E-state index contributed by atoms with van der Waals surface area (Å²) in [5.74, 6) is -3.17. The number of hydrogen-bond donors (Lipinski definition) is 0. The minimum absolute atomic E-state index is 0. The first-order valence-corrected chi connectivity index (χ1v) is 17.3. The number of nitrogens with zero attached hydrogens (tertiary/aromatic N) is 4. The van der Waals surface area contributed by atoms with E-state index in [-0.39, 0.29) is 141 Å². The Kier molecular flexibility index (Phi) is 17.5. The number of fused-ring (bicyclic) bond motifs is 2. The number of hydrogen-bond acceptors (Lipinski definition) is 8. The van der Waals surface area contributed by atoms with Gasteiger partial charge in [0, 0.05) is 24.6 Å². The molecule has 6 aromatic rings. The van der Waals surface area contributed by atoms with Crippen molar-refractivity contribution in [3.05, 3.63) is 128 Å². The van der Waals surface area contributed by atoms with Crippen LogP contribution in [-0.2, 0) is 37.7 Å². The van der Waals surface area contributed by atoms with Crippen molar-refractivity contribution in [3.63, 3.8) is 0 Å². The van der Waals surface area contributed by atoms with Crippen molar-refractivity contribution in [1.29, 1.82) is 0 Å². The molecule has 2 heterocycles. The molecule has 60 heavy (non-hydrogen) atoms. The minimum atomic E-state index is -5.47. The summed E-state index contributed by atoms with van der Waals surface area (Å²) >= 11 is 0. The van der Waals surface area contributed by atoms with Crippen LogP contribution in [0.2, 0.25) is 0 Å². The molecule has 0 radical (unpaired) electrons. The van der Waals surface area contributed by atoms with Gasteiger partial charge in [0.15, 0.2) is 0 Å². The third kappa shape index (κ3) is 11.7. The van der Waals surface area contributed by atoms with E-state index >= 15 is 0 Å². The second-order valence-corrected chi connectivity index (χ2v) is 14.0. The number of halogens is 8. The van der Waals surface area contributed by atoms with Crippen molar-refractivity contribution >= 4 is 58.4 Å². The summed E-state index contributed by atoms with van der Waals surface area (Å²) < 4.78 is 121. The van der Waals surface area contributed by atoms with Crippen LogP contribution in [0.5, 0.6) is 0 Å². The number of esters is 2. The van der Waals surface area contributed by atoms with Crippen molar-refractivity contribution in [2.45, 2.75) is 53.2 Å². The molecule has 22 heteroatoms. The number of rotatable bonds is 8. The monoisotopic (exact) mass is 892 g/mol. The molecule has 0 aliphatic carbocycles. The summed E-state index contributed by atoms with van der Waals surface area (Å²) in [6.07, 6.45) is 2.41. The molecule has 0 saturated heterocycles. The van der Waals surface area contributed by atoms with Gasteiger partial charge in [-0.25, -0.2) is 8.78 Å². The molecule has 0 spiro atoms. The third-order valence-electron chi connectivity index (χ3n) is 8.85. The van der Waals surface area contributed by atoms with Gasteiger partial charge in [0.25, 0.3) is 11.1 Å². The molecule has 0 unspecified atom stereocenters. The van der Waals surface area contributed by atoms with Gasteiger partial charge in [-0.3, -0.25) is 19.2 Å². The first-order chi connectivity index (χ1) is 27.0. The largest absolute Gasteiger partial charge is 1.00 e. The number of carbonyl (C=O) groups excluding carboxylic acids is 2. The topological polar surface area (TPSA) is 122 Å². The fourth-order valence-corrected chi connectivity index (χ4v) is 6.02. The summed E-state index contributed by atoms with van der Waals surface area (Å²) in [5.41, 5.74) is -4.91. The van der Waals surface area contributed by atoms with Crippen LogP contribution in [0.25, 0.3) is 32.9 Å². The Bertz CT molecular complexity index is 2710. The standard InChI is InChI=1S/C21H20BF4N2O3.C17H12BF4N2O3.2K/c1-12(29)31-11-15-16(22(24,25)26)6-5-7-18(15)28-20(30)19-13(10-27-28)8-14(9-17(19)23)21(2,3)4;1-10(25)27-9-12-13(18(20,21)22)5-3-7-15(12)24-17(26)16-11(8-23-24)4-2-6-14(16)19;;/h5-10H,11H2,1-4H3;2-8H,9H2,1H3;;/q2*-1;2*+1. The molecule has 0 N–H and O–H groups in total. The van der Waals surface area contributed by atoms with Gasteiger partial charge in [0.2, 0.25) is 0 Å². The zero-order chi connectivity index (χ0) is 42.9. The van der Waals surface area contributed by atoms with E-state index in [1.54, 1.807) is 6.07 Å². The Balaban J connectivity index is 0.000000313. The van der Waals surface area contributed by atoms with Crippen molar-refractivity contribution in [3.8, 4) is 11.4 Å². The summed E-state index contributed by atoms with van der Waals surface area (Å²) in [4.78, 5) is 48.0. The van der Waals surface area contributed by atoms with Gasteiger partial charge < -0.3 is 35.4 Å². The first kappa shape index (κ1) is 51.3. The third-order valence-corrected chi connectivity index (χ3v) is 8.85. The van der Waals surface area contributed by atoms with E-state index in [0.717, 1.165) is 44.2 Å². The van der Waals surface area contributed by atoms with Gasteiger partial charge in [-0.15, -0.1) is 0 Å². The summed E-state index contributed by atoms with van der Waals surface area (Å²) in [5, 5.41) is 7.73.